The smallest absolute Gasteiger partial charge is 0.323 e. The molecule has 14 heteroatoms. The van der Waals surface area contributed by atoms with E-state index in [9.17, 15) is 15.0 Å². The number of hydrogen-bond acceptors (Lipinski definition) is 10. The molecule has 0 aliphatic carbocycles. The van der Waals surface area contributed by atoms with Crippen LogP contribution < -0.4 is 9.80 Å². The molecule has 0 bridgehead atoms. The van der Waals surface area contributed by atoms with Crippen LogP contribution in [0.4, 0.5) is 11.6 Å². The second kappa shape index (κ2) is 9.34. The normalized spacial score (nSPS) is 13.9. The number of aromatic nitrogens is 9. The van der Waals surface area contributed by atoms with E-state index in [2.05, 4.69) is 30.0 Å². The van der Waals surface area contributed by atoms with E-state index < -0.39 is 5.97 Å². The molecule has 4 aromatic heterocycles. The summed E-state index contributed by atoms with van der Waals surface area (Å²) < 4.78 is 3.20. The quantitative estimate of drug-likeness (QED) is 0.284. The number of carboxylic acid groups (broad SMARTS) is 1. The first kappa shape index (κ1) is 23.6. The number of phenols is 1. The Balaban J connectivity index is 1.33. The number of carbonyl (C=O) groups is 1. The lowest BCUT2D eigenvalue weighted by atomic mass is 10.2. The largest absolute Gasteiger partial charge is 0.508 e. The second-order valence-corrected chi connectivity index (χ2v) is 9.39. The molecule has 200 valence electrons. The summed E-state index contributed by atoms with van der Waals surface area (Å²) in [4.78, 5) is 34.4. The number of carboxylic acids is 1. The van der Waals surface area contributed by atoms with Crippen molar-refractivity contribution in [3.63, 3.8) is 0 Å². The van der Waals surface area contributed by atoms with E-state index in [1.165, 1.54) is 17.2 Å². The summed E-state index contributed by atoms with van der Waals surface area (Å²) in [5.41, 5.74) is 3.25. The number of fused-ring (bicyclic) bond motifs is 2. The van der Waals surface area contributed by atoms with Gasteiger partial charge in [-0.1, -0.05) is 18.2 Å². The number of phenolic OH excluding ortho intramolecular Hbond substituents is 1. The third-order valence-corrected chi connectivity index (χ3v) is 6.94. The number of aliphatic carboxylic acids is 1. The fraction of sp³-hybridized carbons (Fsp3) is 0.192. The van der Waals surface area contributed by atoms with Gasteiger partial charge in [-0.3, -0.25) is 9.89 Å². The molecule has 0 atom stereocenters. The molecular formula is C26H23N11O3. The number of nitrogens with zero attached hydrogens (tertiary/aromatic N) is 10. The molecule has 2 aromatic carbocycles. The van der Waals surface area contributed by atoms with Gasteiger partial charge >= 0.3 is 5.97 Å². The highest BCUT2D eigenvalue weighted by Crippen LogP contribution is 2.30. The van der Waals surface area contributed by atoms with Crippen molar-refractivity contribution < 1.29 is 15.0 Å². The molecule has 0 radical (unpaired) electrons. The van der Waals surface area contributed by atoms with Gasteiger partial charge in [0.05, 0.1) is 11.8 Å². The van der Waals surface area contributed by atoms with E-state index in [1.54, 1.807) is 16.8 Å². The Bertz CT molecular complexity index is 1840. The number of aromatic amines is 1. The minimum atomic E-state index is -0.999. The van der Waals surface area contributed by atoms with Crippen molar-refractivity contribution in [2.24, 2.45) is 0 Å². The highest BCUT2D eigenvalue weighted by molar-refractivity contribution is 5.94. The van der Waals surface area contributed by atoms with Crippen LogP contribution >= 0.6 is 0 Å². The Hall–Kier alpha value is -5.53. The SMILES string of the molecule is O=C(O)Cn1cnc2c(-n3nc(-c4ncn[nH]4)c4ccccc43)nc(N3CCN(c4ccc(O)cc4)CC3)nc21. The summed E-state index contributed by atoms with van der Waals surface area (Å²) >= 11 is 0. The Labute approximate surface area is 226 Å². The monoisotopic (exact) mass is 537 g/mol. The lowest BCUT2D eigenvalue weighted by molar-refractivity contribution is -0.137. The molecule has 0 unspecified atom stereocenters. The van der Waals surface area contributed by atoms with Gasteiger partial charge in [0, 0.05) is 37.3 Å². The topological polar surface area (TPSA) is 167 Å². The Morgan fingerprint density at radius 3 is 2.48 bits per heavy atom. The van der Waals surface area contributed by atoms with Gasteiger partial charge in [0.1, 0.15) is 24.3 Å². The maximum absolute atomic E-state index is 11.6. The third kappa shape index (κ3) is 4.02. The number of hydrogen-bond donors (Lipinski definition) is 3. The highest BCUT2D eigenvalue weighted by atomic mass is 16.4. The van der Waals surface area contributed by atoms with Gasteiger partial charge in [-0.2, -0.15) is 20.2 Å². The third-order valence-electron chi connectivity index (χ3n) is 6.94. The lowest BCUT2D eigenvalue weighted by Gasteiger charge is -2.36. The lowest BCUT2D eigenvalue weighted by Crippen LogP contribution is -2.47. The maximum atomic E-state index is 11.6. The Morgan fingerprint density at radius 1 is 0.950 bits per heavy atom. The van der Waals surface area contributed by atoms with Crippen LogP contribution in [0, 0.1) is 0 Å². The van der Waals surface area contributed by atoms with Crippen molar-refractivity contribution in [1.29, 1.82) is 0 Å². The zero-order valence-corrected chi connectivity index (χ0v) is 21.1. The molecule has 0 saturated carbocycles. The number of imidazole rings is 1. The zero-order chi connectivity index (χ0) is 27.2. The van der Waals surface area contributed by atoms with E-state index in [0.29, 0.717) is 47.5 Å². The first-order valence-electron chi connectivity index (χ1n) is 12.6. The summed E-state index contributed by atoms with van der Waals surface area (Å²) in [7, 11) is 0. The van der Waals surface area contributed by atoms with Crippen LogP contribution in [0.25, 0.3) is 39.4 Å². The van der Waals surface area contributed by atoms with Crippen molar-refractivity contribution >= 4 is 39.7 Å². The molecule has 1 aliphatic rings. The average Bonchev–Trinajstić information content (AvgIpc) is 3.72. The highest BCUT2D eigenvalue weighted by Gasteiger charge is 2.25. The number of piperazine rings is 1. The van der Waals surface area contributed by atoms with Crippen LogP contribution in [-0.4, -0.2) is 86.8 Å². The predicted molar refractivity (Wildman–Crippen MR) is 145 cm³/mol. The van der Waals surface area contributed by atoms with E-state index in [0.717, 1.165) is 29.7 Å². The number of nitrogens with one attached hydrogen (secondary N) is 1. The van der Waals surface area contributed by atoms with Gasteiger partial charge in [-0.05, 0) is 30.3 Å². The van der Waals surface area contributed by atoms with Crippen molar-refractivity contribution in [3.05, 3.63) is 61.2 Å². The Morgan fingerprint density at radius 2 is 1.73 bits per heavy atom. The summed E-state index contributed by atoms with van der Waals surface area (Å²) in [5, 5.41) is 31.7. The number of H-pyrrole nitrogens is 1. The van der Waals surface area contributed by atoms with Gasteiger partial charge in [-0.15, -0.1) is 0 Å². The molecule has 1 fully saturated rings. The van der Waals surface area contributed by atoms with E-state index in [4.69, 9.17) is 15.1 Å². The van der Waals surface area contributed by atoms with Crippen LogP contribution in [0.3, 0.4) is 0 Å². The first-order valence-corrected chi connectivity index (χ1v) is 12.6. The molecule has 1 aliphatic heterocycles. The maximum Gasteiger partial charge on any atom is 0.323 e. The summed E-state index contributed by atoms with van der Waals surface area (Å²) in [6, 6.07) is 14.9. The van der Waals surface area contributed by atoms with Gasteiger partial charge in [0.25, 0.3) is 0 Å². The fourth-order valence-electron chi connectivity index (χ4n) is 5.02. The fourth-order valence-corrected chi connectivity index (χ4v) is 5.02. The van der Waals surface area contributed by atoms with Crippen LogP contribution in [0.5, 0.6) is 5.75 Å². The van der Waals surface area contributed by atoms with E-state index >= 15 is 0 Å². The van der Waals surface area contributed by atoms with Gasteiger partial charge in [0.15, 0.2) is 22.8 Å². The van der Waals surface area contributed by atoms with Gasteiger partial charge in [0.2, 0.25) is 5.95 Å². The van der Waals surface area contributed by atoms with Gasteiger partial charge < -0.3 is 24.6 Å². The molecule has 3 N–H and O–H groups in total. The molecule has 40 heavy (non-hydrogen) atoms. The molecule has 0 spiro atoms. The number of rotatable bonds is 6. The van der Waals surface area contributed by atoms with Crippen LogP contribution in [0.1, 0.15) is 0 Å². The number of aromatic hydroxyl groups is 1. The van der Waals surface area contributed by atoms with Crippen LogP contribution in [0.15, 0.2) is 61.2 Å². The molecule has 7 rings (SSSR count). The van der Waals surface area contributed by atoms with E-state index in [1.807, 2.05) is 36.4 Å². The van der Waals surface area contributed by atoms with Crippen LogP contribution in [-0.2, 0) is 11.3 Å². The Kier molecular flexibility index (Phi) is 5.50. The minimum absolute atomic E-state index is 0.229. The molecular weight excluding hydrogens is 514 g/mol. The van der Waals surface area contributed by atoms with Crippen molar-refractivity contribution in [2.45, 2.75) is 6.54 Å². The predicted octanol–water partition coefficient (Wildman–Crippen LogP) is 2.07. The van der Waals surface area contributed by atoms with Crippen molar-refractivity contribution in [2.75, 3.05) is 36.0 Å². The molecule has 6 aromatic rings. The summed E-state index contributed by atoms with van der Waals surface area (Å²) in [5.74, 6) is 0.642. The van der Waals surface area contributed by atoms with Crippen molar-refractivity contribution in [1.82, 2.24) is 44.5 Å². The first-order chi connectivity index (χ1) is 19.5. The number of benzene rings is 2. The van der Waals surface area contributed by atoms with Crippen LogP contribution in [0.2, 0.25) is 0 Å². The molecule has 0 amide bonds. The zero-order valence-electron chi connectivity index (χ0n) is 21.1. The molecule has 14 nitrogen and oxygen atoms in total. The standard InChI is InChI=1S/C26H23N11O3/c38-17-7-5-16(6-8-17)34-9-11-35(12-10-34)26-30-24-22(28-15-36(24)13-20(39)40)25(31-26)37-19-4-2-1-3-18(19)21(33-37)23-27-14-29-32-23/h1-8,14-15,38H,9-13H2,(H,39,40)(H,27,29,32). The average molecular weight is 538 g/mol. The minimum Gasteiger partial charge on any atom is -0.508 e. The second-order valence-electron chi connectivity index (χ2n) is 9.39. The number of para-hydroxylation sites is 1. The van der Waals surface area contributed by atoms with E-state index in [-0.39, 0.29) is 12.3 Å². The molecule has 1 saturated heterocycles. The van der Waals surface area contributed by atoms with Crippen molar-refractivity contribution in [3.8, 4) is 23.1 Å². The summed E-state index contributed by atoms with van der Waals surface area (Å²) in [6.07, 6.45) is 2.89. The summed E-state index contributed by atoms with van der Waals surface area (Å²) in [6.45, 7) is 2.43. The molecule has 5 heterocycles. The van der Waals surface area contributed by atoms with Gasteiger partial charge in [-0.25, -0.2) is 14.6 Å². The number of anilines is 2.